The van der Waals surface area contributed by atoms with Gasteiger partial charge in [0, 0.05) is 10.0 Å². The lowest BCUT2D eigenvalue weighted by Gasteiger charge is -2.34. The summed E-state index contributed by atoms with van der Waals surface area (Å²) in [5.74, 6) is -0.502. The molecule has 0 unspecified atom stereocenters. The van der Waals surface area contributed by atoms with E-state index in [2.05, 4.69) is 0 Å². The van der Waals surface area contributed by atoms with Crippen LogP contribution in [0.5, 0.6) is 5.75 Å². The number of anilines is 1. The molecular formula is C15H12Cl2N2O4S. The third-order valence-corrected chi connectivity index (χ3v) is 5.67. The fourth-order valence-corrected chi connectivity index (χ4v) is 4.59. The Labute approximate surface area is 148 Å². The fraction of sp³-hybridized carbons (Fsp3) is 0.133. The quantitative estimate of drug-likeness (QED) is 0.876. The largest absolute Gasteiger partial charge is 0.476 e. The van der Waals surface area contributed by atoms with Crippen LogP contribution >= 0.6 is 23.2 Å². The number of nitrogens with two attached hydrogens (primary N) is 1. The van der Waals surface area contributed by atoms with Crippen LogP contribution < -0.4 is 14.8 Å². The van der Waals surface area contributed by atoms with E-state index < -0.39 is 22.0 Å². The van der Waals surface area contributed by atoms with E-state index in [1.807, 2.05) is 0 Å². The highest BCUT2D eigenvalue weighted by atomic mass is 35.5. The van der Waals surface area contributed by atoms with Crippen molar-refractivity contribution in [2.45, 2.75) is 11.0 Å². The number of hydrogen-bond acceptors (Lipinski definition) is 4. The molecule has 1 atom stereocenters. The number of carbonyl (C=O) groups is 1. The lowest BCUT2D eigenvalue weighted by atomic mass is 10.2. The Hall–Kier alpha value is -1.96. The number of sulfonamides is 1. The van der Waals surface area contributed by atoms with Gasteiger partial charge in [-0.25, -0.2) is 8.42 Å². The minimum atomic E-state index is -4.01. The highest BCUT2D eigenvalue weighted by Gasteiger charge is 2.36. The van der Waals surface area contributed by atoms with Gasteiger partial charge in [0.15, 0.2) is 6.10 Å². The number of carbonyl (C=O) groups excluding carboxylic acids is 1. The number of nitrogens with zero attached hydrogens (tertiary/aromatic N) is 1. The predicted octanol–water partition coefficient (Wildman–Crippen LogP) is 2.44. The number of fused-ring (bicyclic) bond motifs is 1. The first kappa shape index (κ1) is 16.9. The van der Waals surface area contributed by atoms with Crippen molar-refractivity contribution in [3.05, 3.63) is 52.5 Å². The highest BCUT2D eigenvalue weighted by Crippen LogP contribution is 2.37. The summed E-state index contributed by atoms with van der Waals surface area (Å²) in [5.41, 5.74) is 5.60. The molecule has 3 rings (SSSR count). The molecule has 1 aliphatic heterocycles. The van der Waals surface area contributed by atoms with Gasteiger partial charge in [-0.3, -0.25) is 9.10 Å². The summed E-state index contributed by atoms with van der Waals surface area (Å²) in [6.45, 7) is -0.237. The summed E-state index contributed by atoms with van der Waals surface area (Å²) in [5, 5.41) is 0.378. The van der Waals surface area contributed by atoms with E-state index in [1.54, 1.807) is 24.3 Å². The SMILES string of the molecule is NC(=O)[C@H]1CN(S(=O)(=O)c2cc(Cl)cc(Cl)c2)c2ccccc2O1. The van der Waals surface area contributed by atoms with Gasteiger partial charge in [-0.1, -0.05) is 35.3 Å². The van der Waals surface area contributed by atoms with Gasteiger partial charge in [-0.15, -0.1) is 0 Å². The van der Waals surface area contributed by atoms with E-state index in [1.165, 1.54) is 18.2 Å². The number of benzene rings is 2. The molecule has 0 spiro atoms. The Morgan fingerprint density at radius 3 is 2.42 bits per heavy atom. The minimum absolute atomic E-state index is 0.0834. The molecule has 126 valence electrons. The van der Waals surface area contributed by atoms with Crippen LogP contribution in [0.4, 0.5) is 5.69 Å². The van der Waals surface area contributed by atoms with Crippen molar-refractivity contribution in [1.29, 1.82) is 0 Å². The van der Waals surface area contributed by atoms with Gasteiger partial charge >= 0.3 is 0 Å². The molecule has 6 nitrogen and oxygen atoms in total. The lowest BCUT2D eigenvalue weighted by Crippen LogP contribution is -2.49. The maximum atomic E-state index is 13.0. The molecule has 0 saturated carbocycles. The number of para-hydroxylation sites is 2. The van der Waals surface area contributed by atoms with Gasteiger partial charge in [-0.2, -0.15) is 0 Å². The molecule has 2 aromatic carbocycles. The molecular weight excluding hydrogens is 375 g/mol. The Morgan fingerprint density at radius 2 is 1.79 bits per heavy atom. The van der Waals surface area contributed by atoms with Crippen molar-refractivity contribution in [1.82, 2.24) is 0 Å². The molecule has 0 fully saturated rings. The van der Waals surface area contributed by atoms with E-state index in [9.17, 15) is 13.2 Å². The van der Waals surface area contributed by atoms with E-state index >= 15 is 0 Å². The van der Waals surface area contributed by atoms with Crippen LogP contribution in [0.1, 0.15) is 0 Å². The normalized spacial score (nSPS) is 17.1. The first-order chi connectivity index (χ1) is 11.3. The topological polar surface area (TPSA) is 89.7 Å². The van der Waals surface area contributed by atoms with Gasteiger partial charge in [0.05, 0.1) is 17.1 Å². The predicted molar refractivity (Wildman–Crippen MR) is 91.0 cm³/mol. The maximum Gasteiger partial charge on any atom is 0.264 e. The summed E-state index contributed by atoms with van der Waals surface area (Å²) in [6, 6.07) is 10.5. The van der Waals surface area contributed by atoms with E-state index in [0.29, 0.717) is 5.69 Å². The molecule has 1 amide bonds. The standard InChI is InChI=1S/C15H12Cl2N2O4S/c16-9-5-10(17)7-11(6-9)24(21,22)19-8-14(15(18)20)23-13-4-2-1-3-12(13)19/h1-7,14H,8H2,(H2,18,20)/t14-/m1/s1. The van der Waals surface area contributed by atoms with E-state index in [4.69, 9.17) is 33.7 Å². The molecule has 1 heterocycles. The summed E-state index contributed by atoms with van der Waals surface area (Å²) in [4.78, 5) is 11.4. The third-order valence-electron chi connectivity index (χ3n) is 3.48. The third kappa shape index (κ3) is 3.02. The van der Waals surface area contributed by atoms with Crippen molar-refractivity contribution >= 4 is 44.8 Å². The molecule has 0 aliphatic carbocycles. The number of primary amides is 1. The van der Waals surface area contributed by atoms with Gasteiger partial charge in [0.1, 0.15) is 5.75 Å². The molecule has 1 aliphatic rings. The van der Waals surface area contributed by atoms with E-state index in [-0.39, 0.29) is 27.2 Å². The van der Waals surface area contributed by atoms with Gasteiger partial charge < -0.3 is 10.5 Å². The van der Waals surface area contributed by atoms with E-state index in [0.717, 1.165) is 4.31 Å². The molecule has 0 bridgehead atoms. The first-order valence-electron chi connectivity index (χ1n) is 6.83. The molecule has 0 aromatic heterocycles. The van der Waals surface area contributed by atoms with Crippen molar-refractivity contribution in [3.8, 4) is 5.75 Å². The zero-order valence-corrected chi connectivity index (χ0v) is 14.5. The second-order valence-electron chi connectivity index (χ2n) is 5.12. The number of amides is 1. The zero-order chi connectivity index (χ0) is 17.5. The molecule has 2 N–H and O–H groups in total. The summed E-state index contributed by atoms with van der Waals surface area (Å²) >= 11 is 11.8. The van der Waals surface area contributed by atoms with Crippen LogP contribution in [0.2, 0.25) is 10.0 Å². The van der Waals surface area contributed by atoms with Crippen LogP contribution in [0.15, 0.2) is 47.4 Å². The van der Waals surface area contributed by atoms with Crippen molar-refractivity contribution in [2.75, 3.05) is 10.8 Å². The Morgan fingerprint density at radius 1 is 1.17 bits per heavy atom. The van der Waals surface area contributed by atoms with Crippen LogP contribution in [-0.4, -0.2) is 27.0 Å². The second-order valence-corrected chi connectivity index (χ2v) is 7.85. The van der Waals surface area contributed by atoms with Crippen molar-refractivity contribution < 1.29 is 17.9 Å². The molecule has 9 heteroatoms. The Kier molecular flexibility index (Phi) is 4.33. The summed E-state index contributed by atoms with van der Waals surface area (Å²) < 4.78 is 32.6. The smallest absolute Gasteiger partial charge is 0.264 e. The van der Waals surface area contributed by atoms with Crippen LogP contribution in [0.3, 0.4) is 0 Å². The van der Waals surface area contributed by atoms with Crippen molar-refractivity contribution in [3.63, 3.8) is 0 Å². The van der Waals surface area contributed by atoms with Crippen LogP contribution in [-0.2, 0) is 14.8 Å². The Balaban J connectivity index is 2.14. The number of rotatable bonds is 3. The average molecular weight is 387 g/mol. The number of halogens is 2. The van der Waals surface area contributed by atoms with Gasteiger partial charge in [0.25, 0.3) is 15.9 Å². The average Bonchev–Trinajstić information content (AvgIpc) is 2.52. The molecule has 0 saturated heterocycles. The summed E-state index contributed by atoms with van der Waals surface area (Å²) in [7, 11) is -4.01. The monoisotopic (exact) mass is 386 g/mol. The maximum absolute atomic E-state index is 13.0. The minimum Gasteiger partial charge on any atom is -0.476 e. The van der Waals surface area contributed by atoms with Gasteiger partial charge in [0.2, 0.25) is 0 Å². The fourth-order valence-electron chi connectivity index (χ4n) is 2.38. The number of hydrogen-bond donors (Lipinski definition) is 1. The van der Waals surface area contributed by atoms with Crippen LogP contribution in [0.25, 0.3) is 0 Å². The molecule has 0 radical (unpaired) electrons. The van der Waals surface area contributed by atoms with Crippen LogP contribution in [0, 0.1) is 0 Å². The zero-order valence-electron chi connectivity index (χ0n) is 12.1. The number of ether oxygens (including phenoxy) is 1. The molecule has 2 aromatic rings. The molecule has 24 heavy (non-hydrogen) atoms. The lowest BCUT2D eigenvalue weighted by molar-refractivity contribution is -0.124. The first-order valence-corrected chi connectivity index (χ1v) is 9.02. The second kappa shape index (κ2) is 6.16. The summed E-state index contributed by atoms with van der Waals surface area (Å²) in [6.07, 6.45) is -1.09. The van der Waals surface area contributed by atoms with Gasteiger partial charge in [-0.05, 0) is 30.3 Å². The van der Waals surface area contributed by atoms with Crippen molar-refractivity contribution in [2.24, 2.45) is 5.73 Å². The Bertz CT molecular complexity index is 897. The highest BCUT2D eigenvalue weighted by molar-refractivity contribution is 7.92.